The molecule has 4 atom stereocenters. The summed E-state index contributed by atoms with van der Waals surface area (Å²) in [6.07, 6.45) is 6.74. The zero-order valence-electron chi connectivity index (χ0n) is 18.0. The molecule has 2 saturated heterocycles. The molecular formula is C22H29ClN8S. The van der Waals surface area contributed by atoms with Gasteiger partial charge in [-0.25, -0.2) is 4.98 Å². The monoisotopic (exact) mass is 472 g/mol. The van der Waals surface area contributed by atoms with E-state index in [-0.39, 0.29) is 11.4 Å². The molecule has 3 fully saturated rings. The van der Waals surface area contributed by atoms with Crippen molar-refractivity contribution in [3.05, 3.63) is 24.5 Å². The molecule has 0 radical (unpaired) electrons. The maximum absolute atomic E-state index is 6.81. The summed E-state index contributed by atoms with van der Waals surface area (Å²) in [5, 5.41) is 14.3. The number of hydrogen-bond acceptors (Lipinski definition) is 8. The first-order valence-corrected chi connectivity index (χ1v) is 12.9. The van der Waals surface area contributed by atoms with Crippen LogP contribution in [0.5, 0.6) is 0 Å². The van der Waals surface area contributed by atoms with E-state index in [0.717, 1.165) is 59.2 Å². The lowest BCUT2D eigenvalue weighted by atomic mass is 9.82. The molecule has 6 rings (SSSR count). The molecule has 10 heteroatoms. The van der Waals surface area contributed by atoms with Crippen molar-refractivity contribution in [1.29, 1.82) is 0 Å². The van der Waals surface area contributed by atoms with Crippen LogP contribution >= 0.6 is 22.9 Å². The van der Waals surface area contributed by atoms with Gasteiger partial charge in [0.05, 0.1) is 22.7 Å². The Labute approximate surface area is 196 Å². The van der Waals surface area contributed by atoms with Gasteiger partial charge < -0.3 is 14.8 Å². The fourth-order valence-electron chi connectivity index (χ4n) is 5.39. The third-order valence-electron chi connectivity index (χ3n) is 7.19. The zero-order chi connectivity index (χ0) is 21.5. The van der Waals surface area contributed by atoms with E-state index in [9.17, 15) is 0 Å². The number of aromatic nitrogens is 4. The van der Waals surface area contributed by atoms with E-state index in [1.54, 1.807) is 11.3 Å². The minimum atomic E-state index is 0.0679. The van der Waals surface area contributed by atoms with Gasteiger partial charge in [-0.05, 0) is 50.9 Å². The topological polar surface area (TPSA) is 82.9 Å². The second-order valence-corrected chi connectivity index (χ2v) is 10.6. The number of anilines is 1. The molecule has 2 aliphatic heterocycles. The summed E-state index contributed by atoms with van der Waals surface area (Å²) in [7, 11) is 0. The number of halogens is 1. The molecule has 32 heavy (non-hydrogen) atoms. The maximum atomic E-state index is 6.81. The fraction of sp³-hybridized carbons (Fsp3) is 0.591. The van der Waals surface area contributed by atoms with Gasteiger partial charge in [0, 0.05) is 43.2 Å². The van der Waals surface area contributed by atoms with Crippen LogP contribution in [0.25, 0.3) is 21.6 Å². The number of likely N-dealkylation sites (tertiary alicyclic amines) is 1. The Morgan fingerprint density at radius 3 is 2.97 bits per heavy atom. The Morgan fingerprint density at radius 2 is 2.06 bits per heavy atom. The zero-order valence-corrected chi connectivity index (χ0v) is 19.6. The number of imidazole rings is 1. The van der Waals surface area contributed by atoms with Gasteiger partial charge in [0.15, 0.2) is 5.01 Å². The minimum Gasteiger partial charge on any atom is -0.356 e. The molecule has 4 heterocycles. The van der Waals surface area contributed by atoms with Gasteiger partial charge in [-0.15, -0.1) is 21.8 Å². The highest BCUT2D eigenvalue weighted by atomic mass is 35.5. The highest BCUT2D eigenvalue weighted by Gasteiger charge is 2.41. The molecule has 3 aliphatic rings. The summed E-state index contributed by atoms with van der Waals surface area (Å²) in [6, 6.07) is 7.02. The average Bonchev–Trinajstić information content (AvgIpc) is 3.60. The van der Waals surface area contributed by atoms with E-state index in [1.807, 2.05) is 6.33 Å². The quantitative estimate of drug-likeness (QED) is 0.476. The molecular weight excluding hydrogens is 444 g/mol. The normalized spacial score (nSPS) is 28.4. The van der Waals surface area contributed by atoms with Crippen molar-refractivity contribution in [3.8, 4) is 10.6 Å². The summed E-state index contributed by atoms with van der Waals surface area (Å²) in [5.41, 5.74) is 9.79. The largest absolute Gasteiger partial charge is 0.356 e. The Hall–Kier alpha value is -1.78. The molecule has 1 aromatic carbocycles. The second kappa shape index (κ2) is 8.87. The molecule has 1 aliphatic carbocycles. The molecule has 170 valence electrons. The summed E-state index contributed by atoms with van der Waals surface area (Å²) in [6.45, 7) is 5.40. The van der Waals surface area contributed by atoms with Crippen LogP contribution in [0.2, 0.25) is 0 Å². The number of hydrogen-bond donors (Lipinski definition) is 3. The SMILES string of the molecule is ClC1C(Nc2nnc(-c3cccc4c3ncn4CCN3CCCC3)s2)CCC2NNCC21. The van der Waals surface area contributed by atoms with Crippen molar-refractivity contribution in [2.45, 2.75) is 49.7 Å². The van der Waals surface area contributed by atoms with E-state index in [0.29, 0.717) is 12.0 Å². The van der Waals surface area contributed by atoms with E-state index in [1.165, 1.54) is 25.9 Å². The van der Waals surface area contributed by atoms with Crippen LogP contribution in [-0.4, -0.2) is 68.3 Å². The highest BCUT2D eigenvalue weighted by molar-refractivity contribution is 7.18. The van der Waals surface area contributed by atoms with Crippen LogP contribution in [0.3, 0.4) is 0 Å². The lowest BCUT2D eigenvalue weighted by molar-refractivity contribution is 0.320. The van der Waals surface area contributed by atoms with E-state index in [4.69, 9.17) is 16.6 Å². The third kappa shape index (κ3) is 3.90. The molecule has 1 saturated carbocycles. The Balaban J connectivity index is 1.18. The van der Waals surface area contributed by atoms with Crippen LogP contribution < -0.4 is 16.2 Å². The third-order valence-corrected chi connectivity index (χ3v) is 8.71. The van der Waals surface area contributed by atoms with Crippen molar-refractivity contribution in [2.24, 2.45) is 5.92 Å². The molecule has 0 amide bonds. The second-order valence-electron chi connectivity index (χ2n) is 9.14. The summed E-state index contributed by atoms with van der Waals surface area (Å²) >= 11 is 8.40. The van der Waals surface area contributed by atoms with Gasteiger partial charge in [-0.1, -0.05) is 17.4 Å². The number of fused-ring (bicyclic) bond motifs is 2. The molecule has 8 nitrogen and oxygen atoms in total. The molecule has 2 aromatic heterocycles. The number of benzene rings is 1. The van der Waals surface area contributed by atoms with Crippen molar-refractivity contribution in [1.82, 2.24) is 35.5 Å². The Morgan fingerprint density at radius 1 is 1.16 bits per heavy atom. The molecule has 0 spiro atoms. The van der Waals surface area contributed by atoms with Crippen molar-refractivity contribution >= 4 is 39.1 Å². The summed E-state index contributed by atoms with van der Waals surface area (Å²) in [4.78, 5) is 7.28. The molecule has 3 N–H and O–H groups in total. The number of para-hydroxylation sites is 1. The lowest BCUT2D eigenvalue weighted by Gasteiger charge is -2.35. The molecule has 4 unspecified atom stereocenters. The first-order chi connectivity index (χ1) is 15.8. The number of nitrogens with zero attached hydrogens (tertiary/aromatic N) is 5. The van der Waals surface area contributed by atoms with Crippen molar-refractivity contribution in [2.75, 3.05) is 31.5 Å². The van der Waals surface area contributed by atoms with Crippen molar-refractivity contribution in [3.63, 3.8) is 0 Å². The minimum absolute atomic E-state index is 0.0679. The Bertz CT molecular complexity index is 1080. The fourth-order valence-corrected chi connectivity index (χ4v) is 6.68. The van der Waals surface area contributed by atoms with Crippen molar-refractivity contribution < 1.29 is 0 Å². The standard InChI is InChI=1S/C22H29ClN8S/c23-19-15-12-25-27-16(15)6-7-17(19)26-22-29-28-21(32-22)14-4-3-5-18-20(14)24-13-31(18)11-10-30-8-1-2-9-30/h3-5,13,15-17,19,25,27H,1-2,6-12H2,(H,26,29). The van der Waals surface area contributed by atoms with Crippen LogP contribution in [0, 0.1) is 5.92 Å². The predicted molar refractivity (Wildman–Crippen MR) is 129 cm³/mol. The lowest BCUT2D eigenvalue weighted by Crippen LogP contribution is -2.47. The number of alkyl halides is 1. The van der Waals surface area contributed by atoms with E-state index < -0.39 is 0 Å². The van der Waals surface area contributed by atoms with Gasteiger partial charge in [-0.3, -0.25) is 10.9 Å². The predicted octanol–water partition coefficient (Wildman–Crippen LogP) is 2.92. The first kappa shape index (κ1) is 20.8. The summed E-state index contributed by atoms with van der Waals surface area (Å²) in [5.74, 6) is 0.439. The van der Waals surface area contributed by atoms with Gasteiger partial charge in [0.1, 0.15) is 0 Å². The van der Waals surface area contributed by atoms with Crippen LogP contribution in [0.4, 0.5) is 5.13 Å². The first-order valence-electron chi connectivity index (χ1n) is 11.7. The number of rotatable bonds is 6. The van der Waals surface area contributed by atoms with Crippen LogP contribution in [-0.2, 0) is 6.54 Å². The Kier molecular flexibility index (Phi) is 5.77. The van der Waals surface area contributed by atoms with Crippen LogP contribution in [0.15, 0.2) is 24.5 Å². The number of hydrazine groups is 1. The molecule has 3 aromatic rings. The smallest absolute Gasteiger partial charge is 0.206 e. The number of nitrogens with one attached hydrogen (secondary N) is 3. The molecule has 0 bridgehead atoms. The maximum Gasteiger partial charge on any atom is 0.206 e. The van der Waals surface area contributed by atoms with Gasteiger partial charge >= 0.3 is 0 Å². The van der Waals surface area contributed by atoms with E-state index in [2.05, 4.69) is 54.0 Å². The average molecular weight is 473 g/mol. The van der Waals surface area contributed by atoms with Gasteiger partial charge in [0.25, 0.3) is 0 Å². The summed E-state index contributed by atoms with van der Waals surface area (Å²) < 4.78 is 2.26. The van der Waals surface area contributed by atoms with Crippen LogP contribution in [0.1, 0.15) is 25.7 Å². The van der Waals surface area contributed by atoms with E-state index >= 15 is 0 Å². The van der Waals surface area contributed by atoms with Gasteiger partial charge in [-0.2, -0.15) is 0 Å². The van der Waals surface area contributed by atoms with Gasteiger partial charge in [0.2, 0.25) is 5.13 Å². The highest BCUT2D eigenvalue weighted by Crippen LogP contribution is 2.36.